The number of anilines is 1. The lowest BCUT2D eigenvalue weighted by Gasteiger charge is -2.30. The number of carbonyl (C=O) groups is 1. The molecule has 29 heavy (non-hydrogen) atoms. The monoisotopic (exact) mass is 420 g/mol. The number of rotatable bonds is 6. The largest absolute Gasteiger partial charge is 0.495 e. The van der Waals surface area contributed by atoms with Gasteiger partial charge in [-0.25, -0.2) is 17.1 Å². The SMILES string of the molecule is COc1ccc(C)cc1NC(=O)C1CCN(S(=O)(=O)Cc2ccc(F)cc2)CC1. The molecule has 0 bridgehead atoms. The molecule has 1 saturated heterocycles. The average Bonchev–Trinajstić information content (AvgIpc) is 2.70. The maximum absolute atomic E-state index is 13.0. The molecule has 156 valence electrons. The third-order valence-electron chi connectivity index (χ3n) is 5.09. The second-order valence-electron chi connectivity index (χ2n) is 7.25. The number of methoxy groups -OCH3 is 1. The Morgan fingerprint density at radius 2 is 1.83 bits per heavy atom. The molecule has 1 N–H and O–H groups in total. The summed E-state index contributed by atoms with van der Waals surface area (Å²) in [5.41, 5.74) is 2.16. The maximum Gasteiger partial charge on any atom is 0.227 e. The minimum absolute atomic E-state index is 0.135. The highest BCUT2D eigenvalue weighted by Crippen LogP contribution is 2.28. The van der Waals surface area contributed by atoms with Crippen LogP contribution in [0.1, 0.15) is 24.0 Å². The molecule has 0 atom stereocenters. The molecule has 0 aromatic heterocycles. The van der Waals surface area contributed by atoms with Crippen molar-refractivity contribution < 1.29 is 22.3 Å². The Balaban J connectivity index is 1.59. The summed E-state index contributed by atoms with van der Waals surface area (Å²) >= 11 is 0. The lowest BCUT2D eigenvalue weighted by atomic mass is 9.97. The van der Waals surface area contributed by atoms with Crippen LogP contribution in [0.15, 0.2) is 42.5 Å². The summed E-state index contributed by atoms with van der Waals surface area (Å²) in [4.78, 5) is 12.7. The molecule has 0 aliphatic carbocycles. The van der Waals surface area contributed by atoms with E-state index < -0.39 is 15.8 Å². The Kier molecular flexibility index (Phi) is 6.54. The molecule has 0 unspecified atom stereocenters. The van der Waals surface area contributed by atoms with Crippen molar-refractivity contribution in [2.24, 2.45) is 5.92 Å². The predicted molar refractivity (Wildman–Crippen MR) is 110 cm³/mol. The van der Waals surface area contributed by atoms with Gasteiger partial charge in [0.05, 0.1) is 18.6 Å². The van der Waals surface area contributed by atoms with Gasteiger partial charge in [0.1, 0.15) is 11.6 Å². The number of ether oxygens (including phenoxy) is 1. The number of amides is 1. The van der Waals surface area contributed by atoms with Gasteiger partial charge in [0.25, 0.3) is 0 Å². The van der Waals surface area contributed by atoms with E-state index in [0.717, 1.165) is 5.56 Å². The topological polar surface area (TPSA) is 75.7 Å². The number of benzene rings is 2. The first kappa shape index (κ1) is 21.3. The number of piperidine rings is 1. The van der Waals surface area contributed by atoms with E-state index in [-0.39, 0.29) is 30.7 Å². The Morgan fingerprint density at radius 1 is 1.17 bits per heavy atom. The molecule has 8 heteroatoms. The molecular formula is C21H25FN2O4S. The highest BCUT2D eigenvalue weighted by molar-refractivity contribution is 7.88. The van der Waals surface area contributed by atoms with Gasteiger partial charge in [0.2, 0.25) is 15.9 Å². The van der Waals surface area contributed by atoms with E-state index in [4.69, 9.17) is 4.74 Å². The Morgan fingerprint density at radius 3 is 2.45 bits per heavy atom. The van der Waals surface area contributed by atoms with Crippen LogP contribution in [0.25, 0.3) is 0 Å². The summed E-state index contributed by atoms with van der Waals surface area (Å²) < 4.78 is 45.0. The minimum atomic E-state index is -3.51. The van der Waals surface area contributed by atoms with E-state index in [1.54, 1.807) is 13.2 Å². The molecule has 1 aliphatic heterocycles. The van der Waals surface area contributed by atoms with Crippen LogP contribution in [0.5, 0.6) is 5.75 Å². The summed E-state index contributed by atoms with van der Waals surface area (Å²) in [5.74, 6) is -0.390. The molecule has 0 spiro atoms. The van der Waals surface area contributed by atoms with E-state index in [0.29, 0.717) is 29.8 Å². The van der Waals surface area contributed by atoms with E-state index in [2.05, 4.69) is 5.32 Å². The van der Waals surface area contributed by atoms with Crippen LogP contribution in [-0.4, -0.2) is 38.8 Å². The van der Waals surface area contributed by atoms with Gasteiger partial charge < -0.3 is 10.1 Å². The number of hydrogen-bond acceptors (Lipinski definition) is 4. The first-order valence-electron chi connectivity index (χ1n) is 9.46. The highest BCUT2D eigenvalue weighted by atomic mass is 32.2. The van der Waals surface area contributed by atoms with E-state index in [1.807, 2.05) is 19.1 Å². The molecule has 1 heterocycles. The molecule has 2 aromatic carbocycles. The second kappa shape index (κ2) is 8.92. The third kappa shape index (κ3) is 5.33. The van der Waals surface area contributed by atoms with Gasteiger partial charge in [-0.2, -0.15) is 0 Å². The zero-order valence-electron chi connectivity index (χ0n) is 16.5. The molecule has 1 amide bonds. The van der Waals surface area contributed by atoms with Crippen molar-refractivity contribution >= 4 is 21.6 Å². The number of halogens is 1. The van der Waals surface area contributed by atoms with Crippen LogP contribution in [0.3, 0.4) is 0 Å². The number of hydrogen-bond donors (Lipinski definition) is 1. The Hall–Kier alpha value is -2.45. The highest BCUT2D eigenvalue weighted by Gasteiger charge is 2.31. The fourth-order valence-electron chi connectivity index (χ4n) is 3.43. The van der Waals surface area contributed by atoms with Crippen LogP contribution in [0.2, 0.25) is 0 Å². The van der Waals surface area contributed by atoms with Gasteiger partial charge >= 0.3 is 0 Å². The van der Waals surface area contributed by atoms with E-state index in [9.17, 15) is 17.6 Å². The Bertz CT molecular complexity index is 969. The number of aryl methyl sites for hydroxylation is 1. The molecule has 6 nitrogen and oxygen atoms in total. The van der Waals surface area contributed by atoms with Crippen LogP contribution in [0, 0.1) is 18.7 Å². The Labute approximate surface area is 170 Å². The number of nitrogens with zero attached hydrogens (tertiary/aromatic N) is 1. The summed E-state index contributed by atoms with van der Waals surface area (Å²) in [6.45, 7) is 2.50. The zero-order valence-corrected chi connectivity index (χ0v) is 17.3. The van der Waals surface area contributed by atoms with Gasteiger partial charge in [-0.3, -0.25) is 4.79 Å². The van der Waals surface area contributed by atoms with Crippen LogP contribution in [-0.2, 0) is 20.6 Å². The lowest BCUT2D eigenvalue weighted by Crippen LogP contribution is -2.41. The van der Waals surface area contributed by atoms with Crippen molar-refractivity contribution in [3.8, 4) is 5.75 Å². The smallest absolute Gasteiger partial charge is 0.227 e. The fourth-order valence-corrected chi connectivity index (χ4v) is 5.00. The first-order chi connectivity index (χ1) is 13.8. The molecule has 3 rings (SSSR count). The van der Waals surface area contributed by atoms with E-state index in [1.165, 1.54) is 28.6 Å². The average molecular weight is 421 g/mol. The predicted octanol–water partition coefficient (Wildman–Crippen LogP) is 3.32. The van der Waals surface area contributed by atoms with Crippen molar-refractivity contribution in [3.05, 3.63) is 59.4 Å². The van der Waals surface area contributed by atoms with Crippen molar-refractivity contribution in [2.45, 2.75) is 25.5 Å². The molecule has 2 aromatic rings. The van der Waals surface area contributed by atoms with Crippen LogP contribution >= 0.6 is 0 Å². The van der Waals surface area contributed by atoms with Crippen molar-refractivity contribution in [2.75, 3.05) is 25.5 Å². The number of nitrogens with one attached hydrogen (secondary N) is 1. The maximum atomic E-state index is 13.0. The fraction of sp³-hybridized carbons (Fsp3) is 0.381. The van der Waals surface area contributed by atoms with Gasteiger partial charge in [0, 0.05) is 19.0 Å². The first-order valence-corrected chi connectivity index (χ1v) is 11.1. The van der Waals surface area contributed by atoms with Gasteiger partial charge in [0.15, 0.2) is 0 Å². The summed E-state index contributed by atoms with van der Waals surface area (Å²) in [7, 11) is -1.97. The van der Waals surface area contributed by atoms with Gasteiger partial charge in [-0.1, -0.05) is 18.2 Å². The van der Waals surface area contributed by atoms with Gasteiger partial charge in [-0.05, 0) is 55.2 Å². The van der Waals surface area contributed by atoms with Crippen molar-refractivity contribution in [3.63, 3.8) is 0 Å². The van der Waals surface area contributed by atoms with Crippen LogP contribution in [0.4, 0.5) is 10.1 Å². The standard InChI is InChI=1S/C21H25FN2O4S/c1-15-3-8-20(28-2)19(13-15)23-21(25)17-9-11-24(12-10-17)29(26,27)14-16-4-6-18(22)7-5-16/h3-8,13,17H,9-12,14H2,1-2H3,(H,23,25). The molecular weight excluding hydrogens is 395 g/mol. The van der Waals surface area contributed by atoms with Crippen molar-refractivity contribution in [1.82, 2.24) is 4.31 Å². The van der Waals surface area contributed by atoms with Crippen LogP contribution < -0.4 is 10.1 Å². The second-order valence-corrected chi connectivity index (χ2v) is 9.22. The number of sulfonamides is 1. The zero-order chi connectivity index (χ0) is 21.0. The van der Waals surface area contributed by atoms with Gasteiger partial charge in [-0.15, -0.1) is 0 Å². The third-order valence-corrected chi connectivity index (χ3v) is 6.94. The van der Waals surface area contributed by atoms with Crippen molar-refractivity contribution in [1.29, 1.82) is 0 Å². The quantitative estimate of drug-likeness (QED) is 0.778. The molecule has 1 aliphatic rings. The molecule has 1 fully saturated rings. The summed E-state index contributed by atoms with van der Waals surface area (Å²) in [6, 6.07) is 11.0. The molecule has 0 radical (unpaired) electrons. The minimum Gasteiger partial charge on any atom is -0.495 e. The van der Waals surface area contributed by atoms with E-state index >= 15 is 0 Å². The normalized spacial score (nSPS) is 15.8. The lowest BCUT2D eigenvalue weighted by molar-refractivity contribution is -0.120. The summed E-state index contributed by atoms with van der Waals surface area (Å²) in [5, 5.41) is 2.90. The molecule has 0 saturated carbocycles. The number of carbonyl (C=O) groups excluding carboxylic acids is 1. The summed E-state index contributed by atoms with van der Waals surface area (Å²) in [6.07, 6.45) is 0.894.